The van der Waals surface area contributed by atoms with Gasteiger partial charge in [-0.05, 0) is 134 Å². The topological polar surface area (TPSA) is 371 Å². The minimum absolute atomic E-state index is 0. The number of carboxylic acid groups (broad SMARTS) is 2. The molecule has 8 N–H and O–H groups in total. The molecule has 348 valence electrons. The number of hydrazine groups is 2. The molecule has 2 aliphatic rings. The van der Waals surface area contributed by atoms with Crippen molar-refractivity contribution in [3.05, 3.63) is 152 Å². The third-order valence-electron chi connectivity index (χ3n) is 9.48. The summed E-state index contributed by atoms with van der Waals surface area (Å²) in [5.74, 6) is -8.13. The number of nitrogens with zero attached hydrogens (tertiary/aromatic N) is 2. The van der Waals surface area contributed by atoms with Gasteiger partial charge in [-0.15, -0.1) is 0 Å². The maximum Gasteiger partial charge on any atom is 1.00 e. The van der Waals surface area contributed by atoms with Crippen LogP contribution < -0.4 is 91.5 Å². The van der Waals surface area contributed by atoms with Crippen molar-refractivity contribution < 1.29 is 129 Å². The van der Waals surface area contributed by atoms with Gasteiger partial charge < -0.3 is 51.7 Å². The Balaban J connectivity index is 0.00000533. The predicted octanol–water partition coefficient (Wildman–Crippen LogP) is -1.96. The summed E-state index contributed by atoms with van der Waals surface area (Å²) in [6.45, 7) is 3.55. The van der Waals surface area contributed by atoms with Gasteiger partial charge in [0.2, 0.25) is 11.6 Å². The molecule has 0 spiro atoms. The molecule has 4 amide bonds. The molecular weight excluding hydrogens is 979 g/mol. The smallest absolute Gasteiger partial charge is 0.744 e. The first-order valence-corrected chi connectivity index (χ1v) is 21.9. The number of carbonyl (C=O) groups is 7. The Hall–Kier alpha value is -6.91. The number of hydrogen-bond donors (Lipinski definition) is 8. The SMILES string of the molecule is Cc1cc(NC(=O)Nc2ccc(NNc3ccc(C(=O)N=C4C=C(S(=O)(=O)[O-])C=C(C(=O)O)C4=O)cc3)c(C)c2)ccc1NNc1ccc(C(=O)N=C2C=C(S(=O)(=O)[O-])C=C(C(=O)O)C2=O)cc1.[Na+].[Na+]. The Labute approximate surface area is 441 Å². The molecule has 0 saturated heterocycles. The van der Waals surface area contributed by atoms with Crippen LogP contribution in [-0.2, 0) is 39.4 Å². The number of anilines is 6. The van der Waals surface area contributed by atoms with Gasteiger partial charge in [0.15, 0.2) is 0 Å². The fraction of sp³-hybridized carbons (Fsp3) is 0.0465. The van der Waals surface area contributed by atoms with E-state index in [0.29, 0.717) is 69.6 Å². The van der Waals surface area contributed by atoms with E-state index in [0.717, 1.165) is 0 Å². The fourth-order valence-electron chi connectivity index (χ4n) is 6.02. The first-order valence-electron chi connectivity index (χ1n) is 19.1. The summed E-state index contributed by atoms with van der Waals surface area (Å²) in [7, 11) is -10.3. The van der Waals surface area contributed by atoms with E-state index in [4.69, 9.17) is 0 Å². The van der Waals surface area contributed by atoms with Crippen LogP contribution in [0, 0.1) is 13.8 Å². The number of benzene rings is 4. The zero-order valence-electron chi connectivity index (χ0n) is 36.8. The number of hydrogen-bond acceptors (Lipinski definition) is 17. The molecular formula is C43H32N8Na2O15S2. The number of amides is 4. The number of aryl methyl sites for hydroxylation is 2. The average molecular weight is 1010 g/mol. The number of carbonyl (C=O) groups excluding carboxylic acids is 5. The molecule has 23 nitrogen and oxygen atoms in total. The zero-order chi connectivity index (χ0) is 49.7. The van der Waals surface area contributed by atoms with Crippen molar-refractivity contribution in [1.29, 1.82) is 0 Å². The van der Waals surface area contributed by atoms with Gasteiger partial charge >= 0.3 is 77.1 Å². The van der Waals surface area contributed by atoms with E-state index in [1.165, 1.54) is 48.5 Å². The Morgan fingerprint density at radius 3 is 1.13 bits per heavy atom. The molecule has 0 aromatic heterocycles. The number of aliphatic imine (C=N–C) groups is 2. The number of Topliss-reactive ketones (excluding diaryl/α,β-unsaturated/α-hetero) is 2. The number of carboxylic acids is 2. The largest absolute Gasteiger partial charge is 1.00 e. The Morgan fingerprint density at radius 2 is 0.829 bits per heavy atom. The van der Waals surface area contributed by atoms with Gasteiger partial charge in [-0.3, -0.25) is 19.2 Å². The molecule has 4 aromatic rings. The Bertz CT molecular complexity index is 3080. The third-order valence-corrected chi connectivity index (χ3v) is 11.1. The summed E-state index contributed by atoms with van der Waals surface area (Å²) in [6.07, 6.45) is 1.87. The molecule has 0 unspecified atom stereocenters. The van der Waals surface area contributed by atoms with Gasteiger partial charge in [0.1, 0.15) is 42.8 Å². The second-order valence-electron chi connectivity index (χ2n) is 14.3. The molecule has 6 rings (SSSR count). The molecule has 4 aromatic carbocycles. The van der Waals surface area contributed by atoms with Gasteiger partial charge in [-0.25, -0.2) is 41.2 Å². The molecule has 0 atom stereocenters. The average Bonchev–Trinajstić information content (AvgIpc) is 3.26. The predicted molar refractivity (Wildman–Crippen MR) is 243 cm³/mol. The molecule has 0 heterocycles. The molecule has 0 saturated carbocycles. The van der Waals surface area contributed by atoms with Crippen molar-refractivity contribution in [1.82, 2.24) is 0 Å². The van der Waals surface area contributed by atoms with Crippen molar-refractivity contribution >= 4 is 107 Å². The van der Waals surface area contributed by atoms with Crippen LogP contribution in [0.5, 0.6) is 0 Å². The van der Waals surface area contributed by atoms with Crippen LogP contribution in [0.2, 0.25) is 0 Å². The van der Waals surface area contributed by atoms with Crippen molar-refractivity contribution in [3.8, 4) is 0 Å². The normalized spacial score (nSPS) is 14.6. The van der Waals surface area contributed by atoms with E-state index in [-0.39, 0.29) is 70.2 Å². The van der Waals surface area contributed by atoms with Crippen LogP contribution in [0.3, 0.4) is 0 Å². The summed E-state index contributed by atoms with van der Waals surface area (Å²) in [6, 6.07) is 20.7. The number of rotatable bonds is 14. The van der Waals surface area contributed by atoms with Crippen LogP contribution in [0.1, 0.15) is 31.8 Å². The Morgan fingerprint density at radius 1 is 0.500 bits per heavy atom. The summed E-state index contributed by atoms with van der Waals surface area (Å²) in [5.41, 5.74) is 12.5. The second kappa shape index (κ2) is 23.1. The van der Waals surface area contributed by atoms with Crippen molar-refractivity contribution in [2.45, 2.75) is 13.8 Å². The number of allylic oxidation sites excluding steroid dienone is 4. The van der Waals surface area contributed by atoms with Crippen LogP contribution in [0.15, 0.2) is 140 Å². The van der Waals surface area contributed by atoms with Crippen molar-refractivity contribution in [3.63, 3.8) is 0 Å². The van der Waals surface area contributed by atoms with Gasteiger partial charge in [-0.1, -0.05) is 0 Å². The van der Waals surface area contributed by atoms with E-state index in [2.05, 4.69) is 42.3 Å². The summed E-state index contributed by atoms with van der Waals surface area (Å²) < 4.78 is 68.8. The molecule has 0 fully saturated rings. The number of aliphatic carboxylic acids is 2. The Kier molecular flexibility index (Phi) is 18.4. The van der Waals surface area contributed by atoms with Gasteiger partial charge in [-0.2, -0.15) is 0 Å². The molecule has 0 bridgehead atoms. The van der Waals surface area contributed by atoms with Gasteiger partial charge in [0.25, 0.3) is 11.8 Å². The third kappa shape index (κ3) is 14.1. The first kappa shape index (κ1) is 55.7. The van der Waals surface area contributed by atoms with Crippen molar-refractivity contribution in [2.75, 3.05) is 32.3 Å². The van der Waals surface area contributed by atoms with E-state index in [1.807, 2.05) is 0 Å². The summed E-state index contributed by atoms with van der Waals surface area (Å²) in [5, 5.41) is 24.0. The van der Waals surface area contributed by atoms with Crippen LogP contribution >= 0.6 is 0 Å². The second-order valence-corrected chi connectivity index (χ2v) is 17.0. The quantitative estimate of drug-likeness (QED) is 0.0224. The summed E-state index contributed by atoms with van der Waals surface area (Å²) >= 11 is 0. The maximum absolute atomic E-state index is 12.9. The number of urea groups is 1. The molecule has 27 heteroatoms. The van der Waals surface area contributed by atoms with Crippen LogP contribution in [0.4, 0.5) is 38.9 Å². The van der Waals surface area contributed by atoms with E-state index < -0.39 is 94.0 Å². The van der Waals surface area contributed by atoms with E-state index >= 15 is 0 Å². The maximum atomic E-state index is 12.9. The molecule has 0 aliphatic heterocycles. The molecule has 70 heavy (non-hydrogen) atoms. The number of ketones is 2. The summed E-state index contributed by atoms with van der Waals surface area (Å²) in [4.78, 5) is 91.2. The minimum Gasteiger partial charge on any atom is -0.744 e. The fourth-order valence-corrected chi connectivity index (χ4v) is 7.06. The van der Waals surface area contributed by atoms with Crippen molar-refractivity contribution in [2.24, 2.45) is 9.98 Å². The molecule has 0 radical (unpaired) electrons. The van der Waals surface area contributed by atoms with Crippen LogP contribution in [-0.4, -0.2) is 88.9 Å². The zero-order valence-corrected chi connectivity index (χ0v) is 42.4. The monoisotopic (exact) mass is 1010 g/mol. The van der Waals surface area contributed by atoms with E-state index in [9.17, 15) is 69.7 Å². The molecule has 2 aliphatic carbocycles. The van der Waals surface area contributed by atoms with E-state index in [1.54, 1.807) is 50.2 Å². The van der Waals surface area contributed by atoms with Gasteiger partial charge in [0.05, 0.1) is 32.6 Å². The first-order chi connectivity index (χ1) is 32.0. The minimum atomic E-state index is -5.17. The van der Waals surface area contributed by atoms with Crippen LogP contribution in [0.25, 0.3) is 0 Å². The van der Waals surface area contributed by atoms with Gasteiger partial charge in [0, 0.05) is 22.5 Å². The standard InChI is InChI=1S/C43H34N8O15S2.2Na/c1-21-15-27(11-13-33(21)50-48-25-7-3-23(4-8-25)39(54)46-35-19-29(67(61,62)63)17-31(37(35)52)41(56)57)44-43(60)45-28-12-14-34(22(2)16-28)51-49-26-9-5-24(6-10-26)40(55)47-36-20-30(68(64,65)66)18-32(38(36)53)42(58)59;;/h3-20,48-51H,1-2H3,(H,56,57)(H,58,59)(H2,44,45,60)(H,61,62,63)(H,64,65,66);;/q;2*+1/p-2. The number of nitrogens with one attached hydrogen (secondary N) is 6.